The van der Waals surface area contributed by atoms with Crippen LogP contribution in [0.25, 0.3) is 0 Å². The maximum atomic E-state index is 12.4. The second kappa shape index (κ2) is 5.40. The molecule has 1 rings (SSSR count). The Hall–Kier alpha value is -1.03. The molecular formula is C15H21ClO4. The van der Waals surface area contributed by atoms with Crippen LogP contribution in [0.2, 0.25) is 0 Å². The first-order valence-electron chi connectivity index (χ1n) is 6.70. The third-order valence-corrected chi connectivity index (χ3v) is 4.55. The Labute approximate surface area is 124 Å². The van der Waals surface area contributed by atoms with Gasteiger partial charge in [0, 0.05) is 12.3 Å². The molecule has 1 atom stereocenters. The highest BCUT2D eigenvalue weighted by molar-refractivity contribution is 6.35. The lowest BCUT2D eigenvalue weighted by Crippen LogP contribution is -2.59. The van der Waals surface area contributed by atoms with Gasteiger partial charge in [-0.05, 0) is 33.6 Å². The van der Waals surface area contributed by atoms with Crippen molar-refractivity contribution < 1.29 is 19.2 Å². The molecule has 0 amide bonds. The molecule has 20 heavy (non-hydrogen) atoms. The van der Waals surface area contributed by atoms with E-state index in [2.05, 4.69) is 0 Å². The van der Waals surface area contributed by atoms with Gasteiger partial charge >= 0.3 is 0 Å². The van der Waals surface area contributed by atoms with E-state index >= 15 is 0 Å². The molecule has 0 aromatic carbocycles. The van der Waals surface area contributed by atoms with Crippen molar-refractivity contribution in [3.05, 3.63) is 0 Å². The van der Waals surface area contributed by atoms with E-state index in [9.17, 15) is 19.2 Å². The molecule has 0 heterocycles. The van der Waals surface area contributed by atoms with Gasteiger partial charge in [-0.15, -0.1) is 11.6 Å². The van der Waals surface area contributed by atoms with Crippen LogP contribution in [0.1, 0.15) is 41.0 Å². The van der Waals surface area contributed by atoms with Gasteiger partial charge < -0.3 is 0 Å². The first kappa shape index (κ1) is 17.0. The Morgan fingerprint density at radius 1 is 1.10 bits per heavy atom. The molecule has 1 aliphatic rings. The molecule has 0 aromatic heterocycles. The van der Waals surface area contributed by atoms with Crippen molar-refractivity contribution in [1.29, 1.82) is 0 Å². The number of carbonyl (C=O) groups is 4. The second-order valence-electron chi connectivity index (χ2n) is 6.67. The normalized spacial score (nSPS) is 23.8. The second-order valence-corrected chi connectivity index (χ2v) is 6.98. The Morgan fingerprint density at radius 2 is 1.50 bits per heavy atom. The van der Waals surface area contributed by atoms with Crippen LogP contribution in [0.15, 0.2) is 0 Å². The van der Waals surface area contributed by atoms with Gasteiger partial charge in [-0.1, -0.05) is 6.92 Å². The number of halogens is 1. The fourth-order valence-electron chi connectivity index (χ4n) is 2.65. The number of ketones is 4. The van der Waals surface area contributed by atoms with E-state index in [1.54, 1.807) is 6.92 Å². The van der Waals surface area contributed by atoms with Crippen molar-refractivity contribution in [2.24, 2.45) is 22.7 Å². The fourth-order valence-corrected chi connectivity index (χ4v) is 2.76. The molecule has 1 unspecified atom stereocenters. The molecule has 0 aromatic rings. The maximum Gasteiger partial charge on any atom is 0.163 e. The molecule has 0 aliphatic heterocycles. The zero-order valence-corrected chi connectivity index (χ0v) is 13.3. The summed E-state index contributed by atoms with van der Waals surface area (Å²) in [6, 6.07) is 0. The van der Waals surface area contributed by atoms with Gasteiger partial charge in [0.1, 0.15) is 5.92 Å². The summed E-state index contributed by atoms with van der Waals surface area (Å²) in [4.78, 5) is 49.3. The third-order valence-electron chi connectivity index (χ3n) is 4.03. The lowest BCUT2D eigenvalue weighted by atomic mass is 9.57. The summed E-state index contributed by atoms with van der Waals surface area (Å²) in [5, 5.41) is 0. The summed E-state index contributed by atoms with van der Waals surface area (Å²) in [6.45, 7) is 7.71. The molecular weight excluding hydrogens is 280 g/mol. The van der Waals surface area contributed by atoms with E-state index in [0.29, 0.717) is 0 Å². The monoisotopic (exact) mass is 300 g/mol. The third kappa shape index (κ3) is 2.58. The fraction of sp³-hybridized carbons (Fsp3) is 0.733. The molecule has 0 radical (unpaired) electrons. The highest BCUT2D eigenvalue weighted by Crippen LogP contribution is 2.41. The van der Waals surface area contributed by atoms with E-state index < -0.39 is 39.9 Å². The zero-order valence-electron chi connectivity index (χ0n) is 12.6. The molecule has 1 aliphatic carbocycles. The van der Waals surface area contributed by atoms with E-state index in [0.717, 1.165) is 0 Å². The summed E-state index contributed by atoms with van der Waals surface area (Å²) >= 11 is 5.67. The predicted octanol–water partition coefficient (Wildman–Crippen LogP) is 2.21. The highest BCUT2D eigenvalue weighted by atomic mass is 35.5. The highest BCUT2D eigenvalue weighted by Gasteiger charge is 2.59. The van der Waals surface area contributed by atoms with Crippen LogP contribution >= 0.6 is 11.6 Å². The smallest absolute Gasteiger partial charge is 0.163 e. The quantitative estimate of drug-likeness (QED) is 0.589. The molecule has 0 N–H and O–H groups in total. The van der Waals surface area contributed by atoms with Crippen LogP contribution in [-0.2, 0) is 19.2 Å². The largest absolute Gasteiger partial charge is 0.298 e. The van der Waals surface area contributed by atoms with Gasteiger partial charge in [0.05, 0.1) is 10.8 Å². The lowest BCUT2D eigenvalue weighted by molar-refractivity contribution is -0.161. The van der Waals surface area contributed by atoms with Crippen molar-refractivity contribution in [3.63, 3.8) is 0 Å². The van der Waals surface area contributed by atoms with Crippen molar-refractivity contribution in [2.75, 3.05) is 5.88 Å². The lowest BCUT2D eigenvalue weighted by Gasteiger charge is -2.40. The van der Waals surface area contributed by atoms with E-state index in [1.807, 2.05) is 0 Å². The van der Waals surface area contributed by atoms with Crippen molar-refractivity contribution in [2.45, 2.75) is 41.0 Å². The van der Waals surface area contributed by atoms with Gasteiger partial charge in [0.15, 0.2) is 23.1 Å². The first-order chi connectivity index (χ1) is 8.97. The van der Waals surface area contributed by atoms with Gasteiger partial charge in [0.2, 0.25) is 0 Å². The minimum Gasteiger partial charge on any atom is -0.298 e. The Bertz CT molecular complexity index is 446. The Kier molecular flexibility index (Phi) is 4.59. The van der Waals surface area contributed by atoms with Crippen LogP contribution < -0.4 is 0 Å². The van der Waals surface area contributed by atoms with Crippen molar-refractivity contribution in [3.8, 4) is 0 Å². The molecule has 1 saturated carbocycles. The molecule has 5 heteroatoms. The topological polar surface area (TPSA) is 68.3 Å². The van der Waals surface area contributed by atoms with Crippen LogP contribution in [0, 0.1) is 22.7 Å². The number of hydrogen-bond donors (Lipinski definition) is 0. The predicted molar refractivity (Wildman–Crippen MR) is 75.6 cm³/mol. The van der Waals surface area contributed by atoms with Crippen LogP contribution in [0.3, 0.4) is 0 Å². The number of hydrogen-bond acceptors (Lipinski definition) is 4. The number of carbonyl (C=O) groups excluding carboxylic acids is 4. The summed E-state index contributed by atoms with van der Waals surface area (Å²) in [6.07, 6.45) is 0.0754. The zero-order chi connectivity index (χ0) is 15.9. The van der Waals surface area contributed by atoms with E-state index in [1.165, 1.54) is 27.7 Å². The number of rotatable bonds is 4. The van der Waals surface area contributed by atoms with Crippen LogP contribution in [0.5, 0.6) is 0 Å². The molecule has 4 nitrogen and oxygen atoms in total. The average Bonchev–Trinajstić information content (AvgIpc) is 2.35. The van der Waals surface area contributed by atoms with E-state index in [4.69, 9.17) is 11.6 Å². The van der Waals surface area contributed by atoms with Gasteiger partial charge in [0.25, 0.3) is 0 Å². The Balaban J connectivity index is 3.19. The maximum absolute atomic E-state index is 12.4. The SMILES string of the molecule is CC(CCl)CC(=O)C1C(=O)C(C)(C)C(=O)C(C)(C)C1=O. The summed E-state index contributed by atoms with van der Waals surface area (Å²) < 4.78 is 0. The Morgan fingerprint density at radius 3 is 1.85 bits per heavy atom. The standard InChI is InChI=1S/C15H21ClO4/c1-8(7-16)6-9(17)10-11(18)14(2,3)13(20)15(4,5)12(10)19/h8,10H,6-7H2,1-5H3. The summed E-state index contributed by atoms with van der Waals surface area (Å²) in [7, 11) is 0. The number of Topliss-reactive ketones (excluding diaryl/α,β-unsaturated/α-hetero) is 4. The summed E-state index contributed by atoms with van der Waals surface area (Å²) in [5.41, 5.74) is -2.61. The number of alkyl halides is 1. The van der Waals surface area contributed by atoms with E-state index in [-0.39, 0.29) is 18.2 Å². The van der Waals surface area contributed by atoms with Crippen molar-refractivity contribution >= 4 is 34.7 Å². The molecule has 0 saturated heterocycles. The van der Waals surface area contributed by atoms with Gasteiger partial charge in [-0.3, -0.25) is 19.2 Å². The van der Waals surface area contributed by atoms with Crippen molar-refractivity contribution in [1.82, 2.24) is 0 Å². The minimum atomic E-state index is -1.33. The molecule has 112 valence electrons. The minimum absolute atomic E-state index is 0.0754. The first-order valence-corrected chi connectivity index (χ1v) is 7.23. The van der Waals surface area contributed by atoms with Gasteiger partial charge in [-0.25, -0.2) is 0 Å². The van der Waals surface area contributed by atoms with Crippen LogP contribution in [-0.4, -0.2) is 29.0 Å². The van der Waals surface area contributed by atoms with Crippen LogP contribution in [0.4, 0.5) is 0 Å². The molecule has 1 fully saturated rings. The van der Waals surface area contributed by atoms with Gasteiger partial charge in [-0.2, -0.15) is 0 Å². The molecule has 0 bridgehead atoms. The summed E-state index contributed by atoms with van der Waals surface area (Å²) in [5.74, 6) is -3.17. The average molecular weight is 301 g/mol. The molecule has 0 spiro atoms.